The second kappa shape index (κ2) is 4.76. The summed E-state index contributed by atoms with van der Waals surface area (Å²) in [6.45, 7) is 12.3. The fourth-order valence-corrected chi connectivity index (χ4v) is 1.96. The van der Waals surface area contributed by atoms with E-state index in [-0.39, 0.29) is 18.3 Å². The van der Waals surface area contributed by atoms with E-state index >= 15 is 0 Å². The van der Waals surface area contributed by atoms with Gasteiger partial charge in [-0.15, -0.1) is 0 Å². The summed E-state index contributed by atoms with van der Waals surface area (Å²) >= 11 is 0. The second-order valence-electron chi connectivity index (χ2n) is 6.16. The molecular weight excluding hydrogens is 237 g/mol. The third-order valence-electron chi connectivity index (χ3n) is 4.02. The van der Waals surface area contributed by atoms with Gasteiger partial charge in [0.15, 0.2) is 0 Å². The first-order valence-corrected chi connectivity index (χ1v) is 6.68. The van der Waals surface area contributed by atoms with E-state index < -0.39 is 0 Å². The number of hydrogen-bond acceptors (Lipinski definition) is 3. The minimum atomic E-state index is -0.300. The Morgan fingerprint density at radius 2 is 1.74 bits per heavy atom. The molecule has 1 aliphatic heterocycles. The molecule has 0 N–H and O–H groups in total. The predicted molar refractivity (Wildman–Crippen MR) is 78.7 cm³/mol. The average Bonchev–Trinajstić information content (AvgIpc) is 2.47. The lowest BCUT2D eigenvalue weighted by atomic mass is 9.86. The Morgan fingerprint density at radius 3 is 2.21 bits per heavy atom. The normalized spacial score (nSPS) is 21.8. The van der Waals surface area contributed by atoms with Crippen LogP contribution in [0.3, 0.4) is 0 Å². The van der Waals surface area contributed by atoms with Gasteiger partial charge in [0.25, 0.3) is 0 Å². The number of aromatic nitrogens is 1. The van der Waals surface area contributed by atoms with Crippen LogP contribution in [-0.2, 0) is 9.31 Å². The molecular formula is C15H22BNO2. The van der Waals surface area contributed by atoms with Gasteiger partial charge in [-0.25, -0.2) is 0 Å². The SMILES string of the molecule is CC(=CB1OC(C)(C)C(C)(C)O1)c1ccc(C)nc1. The molecule has 19 heavy (non-hydrogen) atoms. The van der Waals surface area contributed by atoms with Gasteiger partial charge in [-0.1, -0.05) is 12.0 Å². The number of hydrogen-bond donors (Lipinski definition) is 0. The van der Waals surface area contributed by atoms with Gasteiger partial charge < -0.3 is 9.31 Å². The van der Waals surface area contributed by atoms with Gasteiger partial charge in [0.1, 0.15) is 0 Å². The van der Waals surface area contributed by atoms with E-state index in [4.69, 9.17) is 9.31 Å². The first-order valence-electron chi connectivity index (χ1n) is 6.68. The Bertz CT molecular complexity index is 475. The van der Waals surface area contributed by atoms with E-state index in [1.54, 1.807) is 0 Å². The van der Waals surface area contributed by atoms with Crippen molar-refractivity contribution in [2.45, 2.75) is 52.7 Å². The lowest BCUT2D eigenvalue weighted by Gasteiger charge is -2.32. The van der Waals surface area contributed by atoms with Gasteiger partial charge in [-0.2, -0.15) is 0 Å². The predicted octanol–water partition coefficient (Wildman–Crippen LogP) is 3.42. The minimum absolute atomic E-state index is 0.292. The summed E-state index contributed by atoms with van der Waals surface area (Å²) < 4.78 is 11.9. The zero-order valence-corrected chi connectivity index (χ0v) is 12.7. The second-order valence-corrected chi connectivity index (χ2v) is 6.16. The van der Waals surface area contributed by atoms with Gasteiger partial charge in [0, 0.05) is 11.9 Å². The standard InChI is InChI=1S/C15H22BNO2/c1-11(13-8-7-12(2)17-10-13)9-16-18-14(3,4)15(5,6)19-16/h7-10H,1-6H3. The van der Waals surface area contributed by atoms with Crippen LogP contribution in [0.4, 0.5) is 0 Å². The lowest BCUT2D eigenvalue weighted by molar-refractivity contribution is 0.00578. The maximum Gasteiger partial charge on any atom is 0.487 e. The summed E-state index contributed by atoms with van der Waals surface area (Å²) in [5.74, 6) is 2.02. The topological polar surface area (TPSA) is 31.4 Å². The van der Waals surface area contributed by atoms with Crippen molar-refractivity contribution in [1.29, 1.82) is 0 Å². The zero-order chi connectivity index (χ0) is 14.3. The van der Waals surface area contributed by atoms with Crippen LogP contribution >= 0.6 is 0 Å². The van der Waals surface area contributed by atoms with Crippen LogP contribution in [-0.4, -0.2) is 23.3 Å². The summed E-state index contributed by atoms with van der Waals surface area (Å²) in [5, 5.41) is 0. The van der Waals surface area contributed by atoms with Gasteiger partial charge in [-0.3, -0.25) is 4.98 Å². The van der Waals surface area contributed by atoms with Crippen LogP contribution in [0.5, 0.6) is 0 Å². The largest absolute Gasteiger partial charge is 0.487 e. The molecule has 0 aromatic carbocycles. The molecule has 1 aromatic rings. The molecule has 0 saturated carbocycles. The first kappa shape index (κ1) is 14.3. The molecule has 0 unspecified atom stereocenters. The third-order valence-corrected chi connectivity index (χ3v) is 4.02. The Balaban J connectivity index is 2.17. The van der Waals surface area contributed by atoms with Crippen molar-refractivity contribution in [2.24, 2.45) is 0 Å². The van der Waals surface area contributed by atoms with E-state index in [1.165, 1.54) is 0 Å². The maximum atomic E-state index is 5.96. The van der Waals surface area contributed by atoms with Crippen molar-refractivity contribution < 1.29 is 9.31 Å². The first-order chi connectivity index (χ1) is 8.71. The van der Waals surface area contributed by atoms with Crippen molar-refractivity contribution >= 4 is 12.7 Å². The molecule has 0 radical (unpaired) electrons. The maximum absolute atomic E-state index is 5.96. The van der Waals surface area contributed by atoms with Crippen molar-refractivity contribution in [1.82, 2.24) is 4.98 Å². The minimum Gasteiger partial charge on any atom is -0.400 e. The number of aryl methyl sites for hydroxylation is 1. The number of allylic oxidation sites excluding steroid dienone is 1. The molecule has 1 saturated heterocycles. The summed E-state index contributed by atoms with van der Waals surface area (Å²) in [4.78, 5) is 4.31. The monoisotopic (exact) mass is 259 g/mol. The van der Waals surface area contributed by atoms with E-state index in [0.717, 1.165) is 16.8 Å². The van der Waals surface area contributed by atoms with E-state index in [2.05, 4.69) is 45.7 Å². The summed E-state index contributed by atoms with van der Waals surface area (Å²) in [6, 6.07) is 4.08. The number of nitrogens with zero attached hydrogens (tertiary/aromatic N) is 1. The molecule has 1 fully saturated rings. The van der Waals surface area contributed by atoms with Gasteiger partial charge in [0.2, 0.25) is 0 Å². The lowest BCUT2D eigenvalue weighted by Crippen LogP contribution is -2.41. The molecule has 2 rings (SSSR count). The Kier molecular flexibility index (Phi) is 3.58. The van der Waals surface area contributed by atoms with E-state index in [1.807, 2.05) is 25.2 Å². The summed E-state index contributed by atoms with van der Waals surface area (Å²) in [7, 11) is -0.300. The van der Waals surface area contributed by atoms with Gasteiger partial charge in [-0.05, 0) is 58.7 Å². The van der Waals surface area contributed by atoms with Gasteiger partial charge in [0.05, 0.1) is 11.2 Å². The highest BCUT2D eigenvalue weighted by Gasteiger charge is 2.50. The molecule has 1 aromatic heterocycles. The van der Waals surface area contributed by atoms with Crippen LogP contribution < -0.4 is 0 Å². The highest BCUT2D eigenvalue weighted by molar-refractivity contribution is 6.53. The molecule has 0 amide bonds. The Morgan fingerprint density at radius 1 is 1.16 bits per heavy atom. The van der Waals surface area contributed by atoms with Crippen molar-refractivity contribution in [3.63, 3.8) is 0 Å². The van der Waals surface area contributed by atoms with Crippen molar-refractivity contribution in [2.75, 3.05) is 0 Å². The fourth-order valence-electron chi connectivity index (χ4n) is 1.96. The quantitative estimate of drug-likeness (QED) is 0.762. The van der Waals surface area contributed by atoms with Crippen LogP contribution in [0, 0.1) is 6.92 Å². The molecule has 0 aliphatic carbocycles. The third kappa shape index (κ3) is 2.90. The van der Waals surface area contributed by atoms with Crippen molar-refractivity contribution in [3.05, 3.63) is 35.6 Å². The smallest absolute Gasteiger partial charge is 0.400 e. The van der Waals surface area contributed by atoms with Gasteiger partial charge >= 0.3 is 7.12 Å². The van der Waals surface area contributed by atoms with E-state index in [9.17, 15) is 0 Å². The van der Waals surface area contributed by atoms with E-state index in [0.29, 0.717) is 0 Å². The van der Waals surface area contributed by atoms with Crippen LogP contribution in [0.15, 0.2) is 24.3 Å². The number of rotatable bonds is 2. The van der Waals surface area contributed by atoms with Crippen LogP contribution in [0.25, 0.3) is 5.57 Å². The van der Waals surface area contributed by atoms with Crippen LogP contribution in [0.2, 0.25) is 0 Å². The zero-order valence-electron chi connectivity index (χ0n) is 12.7. The highest BCUT2D eigenvalue weighted by Crippen LogP contribution is 2.37. The van der Waals surface area contributed by atoms with Crippen LogP contribution in [0.1, 0.15) is 45.9 Å². The average molecular weight is 259 g/mol. The Labute approximate surface area is 116 Å². The highest BCUT2D eigenvalue weighted by atomic mass is 16.7. The fraction of sp³-hybridized carbons (Fsp3) is 0.533. The molecule has 3 nitrogen and oxygen atoms in total. The molecule has 4 heteroatoms. The molecule has 0 atom stereocenters. The number of pyridine rings is 1. The molecule has 1 aliphatic rings. The molecule has 0 bridgehead atoms. The molecule has 2 heterocycles. The van der Waals surface area contributed by atoms with Crippen molar-refractivity contribution in [3.8, 4) is 0 Å². The molecule has 0 spiro atoms. The summed E-state index contributed by atoms with van der Waals surface area (Å²) in [6.07, 6.45) is 1.88. The Hall–Kier alpha value is -1.13. The summed E-state index contributed by atoms with van der Waals surface area (Å²) in [5.41, 5.74) is 2.65. The molecule has 102 valence electrons.